The lowest BCUT2D eigenvalue weighted by atomic mass is 10.1. The molecule has 1 atom stereocenters. The lowest BCUT2D eigenvalue weighted by Gasteiger charge is -2.26. The van der Waals surface area contributed by atoms with E-state index in [1.165, 1.54) is 0 Å². The molecule has 0 saturated carbocycles. The van der Waals surface area contributed by atoms with Crippen LogP contribution in [0.4, 0.5) is 0 Å². The summed E-state index contributed by atoms with van der Waals surface area (Å²) in [6, 6.07) is 8.57. The Hall–Kier alpha value is -1.18. The summed E-state index contributed by atoms with van der Waals surface area (Å²) in [5, 5.41) is 9.10. The molecule has 0 radical (unpaired) electrons. The van der Waals surface area contributed by atoms with Crippen LogP contribution in [-0.4, -0.2) is 37.1 Å². The third kappa shape index (κ3) is 4.45. The van der Waals surface area contributed by atoms with E-state index in [1.807, 2.05) is 30.0 Å². The average molecular weight is 278 g/mol. The Labute approximate surface area is 120 Å². The zero-order valence-electron chi connectivity index (χ0n) is 12.1. The number of hydrogen-bond acceptors (Lipinski definition) is 4. The van der Waals surface area contributed by atoms with Crippen LogP contribution in [0.25, 0.3) is 0 Å². The minimum atomic E-state index is 0.572. The summed E-state index contributed by atoms with van der Waals surface area (Å²) in [4.78, 5) is 2.35. The smallest absolute Gasteiger partial charge is 0.136 e. The zero-order valence-corrected chi connectivity index (χ0v) is 13.0. The van der Waals surface area contributed by atoms with Crippen LogP contribution in [0.3, 0.4) is 0 Å². The number of hydrogen-bond donors (Lipinski definition) is 0. The quantitative estimate of drug-likeness (QED) is 0.767. The summed E-state index contributed by atoms with van der Waals surface area (Å²) in [5.74, 6) is 1.78. The average Bonchev–Trinajstić information content (AvgIpc) is 2.44. The van der Waals surface area contributed by atoms with Crippen molar-refractivity contribution in [3.63, 3.8) is 0 Å². The minimum absolute atomic E-state index is 0.572. The van der Waals surface area contributed by atoms with Gasteiger partial charge in [0.2, 0.25) is 0 Å². The van der Waals surface area contributed by atoms with Crippen LogP contribution in [0.15, 0.2) is 18.2 Å². The first-order valence-corrected chi connectivity index (χ1v) is 7.81. The van der Waals surface area contributed by atoms with Gasteiger partial charge in [0, 0.05) is 18.3 Å². The van der Waals surface area contributed by atoms with E-state index in [1.54, 1.807) is 7.11 Å². The Morgan fingerprint density at radius 3 is 2.74 bits per heavy atom. The van der Waals surface area contributed by atoms with E-state index >= 15 is 0 Å². The molecular formula is C15H22N2OS. The van der Waals surface area contributed by atoms with E-state index in [9.17, 15) is 0 Å². The van der Waals surface area contributed by atoms with E-state index in [2.05, 4.69) is 31.2 Å². The normalized spacial score (nSPS) is 12.2. The van der Waals surface area contributed by atoms with Crippen molar-refractivity contribution < 1.29 is 4.74 Å². The molecule has 4 heteroatoms. The van der Waals surface area contributed by atoms with Crippen LogP contribution in [0, 0.1) is 11.3 Å². The highest BCUT2D eigenvalue weighted by Crippen LogP contribution is 2.20. The second kappa shape index (κ2) is 8.08. The number of nitrogens with zero attached hydrogens (tertiary/aromatic N) is 2. The Kier molecular flexibility index (Phi) is 6.75. The van der Waals surface area contributed by atoms with Gasteiger partial charge in [-0.05, 0) is 37.4 Å². The summed E-state index contributed by atoms with van der Waals surface area (Å²) in [6.45, 7) is 3.07. The summed E-state index contributed by atoms with van der Waals surface area (Å²) in [7, 11) is 3.73. The first kappa shape index (κ1) is 15.9. The van der Waals surface area contributed by atoms with Gasteiger partial charge in [-0.3, -0.25) is 4.90 Å². The maximum atomic E-state index is 9.10. The van der Waals surface area contributed by atoms with Crippen molar-refractivity contribution in [1.82, 2.24) is 4.90 Å². The van der Waals surface area contributed by atoms with Gasteiger partial charge >= 0.3 is 0 Å². The lowest BCUT2D eigenvalue weighted by molar-refractivity contribution is 0.248. The van der Waals surface area contributed by atoms with Crippen molar-refractivity contribution in [3.05, 3.63) is 29.3 Å². The molecule has 0 N–H and O–H groups in total. The van der Waals surface area contributed by atoms with Crippen LogP contribution >= 0.6 is 11.8 Å². The van der Waals surface area contributed by atoms with E-state index in [0.29, 0.717) is 17.4 Å². The molecule has 0 aliphatic carbocycles. The number of ether oxygens (including phenoxy) is 1. The van der Waals surface area contributed by atoms with Crippen LogP contribution in [0.5, 0.6) is 5.75 Å². The first-order valence-electron chi connectivity index (χ1n) is 6.42. The Balaban J connectivity index is 2.79. The number of methoxy groups -OCH3 is 1. The standard InChI is InChI=1S/C15H22N2OS/c1-5-14(11-19-4)17(2)10-12-6-7-15(18-3)13(8-12)9-16/h6-8,14H,5,10-11H2,1-4H3. The highest BCUT2D eigenvalue weighted by Gasteiger charge is 2.13. The van der Waals surface area contributed by atoms with Gasteiger partial charge in [0.25, 0.3) is 0 Å². The van der Waals surface area contributed by atoms with Gasteiger partial charge in [0.1, 0.15) is 11.8 Å². The summed E-state index contributed by atoms with van der Waals surface area (Å²) in [5.41, 5.74) is 1.76. The highest BCUT2D eigenvalue weighted by atomic mass is 32.2. The van der Waals surface area contributed by atoms with Crippen LogP contribution < -0.4 is 4.74 Å². The fourth-order valence-corrected chi connectivity index (χ4v) is 2.98. The molecule has 0 saturated heterocycles. The van der Waals surface area contributed by atoms with Crippen molar-refractivity contribution in [1.29, 1.82) is 5.26 Å². The molecule has 0 aliphatic heterocycles. The molecule has 0 amide bonds. The molecule has 0 bridgehead atoms. The summed E-state index contributed by atoms with van der Waals surface area (Å²) >= 11 is 1.87. The number of rotatable bonds is 7. The zero-order chi connectivity index (χ0) is 14.3. The van der Waals surface area contributed by atoms with Crippen LogP contribution in [0.2, 0.25) is 0 Å². The molecule has 0 aliphatic rings. The van der Waals surface area contributed by atoms with Crippen molar-refractivity contribution in [2.45, 2.75) is 25.9 Å². The minimum Gasteiger partial charge on any atom is -0.495 e. The predicted octanol–water partition coefficient (Wildman–Crippen LogP) is 3.14. The molecule has 104 valence electrons. The lowest BCUT2D eigenvalue weighted by Crippen LogP contribution is -2.32. The summed E-state index contributed by atoms with van der Waals surface area (Å²) < 4.78 is 5.16. The second-order valence-electron chi connectivity index (χ2n) is 4.58. The number of benzene rings is 1. The number of nitriles is 1. The molecule has 1 aromatic rings. The highest BCUT2D eigenvalue weighted by molar-refractivity contribution is 7.98. The Morgan fingerprint density at radius 2 is 2.21 bits per heavy atom. The van der Waals surface area contributed by atoms with Gasteiger partial charge < -0.3 is 4.74 Å². The fourth-order valence-electron chi connectivity index (χ4n) is 2.11. The molecule has 0 fully saturated rings. The first-order chi connectivity index (χ1) is 9.15. The molecule has 0 spiro atoms. The molecule has 19 heavy (non-hydrogen) atoms. The van der Waals surface area contributed by atoms with Crippen molar-refractivity contribution in [3.8, 4) is 11.8 Å². The number of thioether (sulfide) groups is 1. The SMILES string of the molecule is CCC(CSC)N(C)Cc1ccc(OC)c(C#N)c1. The monoisotopic (exact) mass is 278 g/mol. The van der Waals surface area contributed by atoms with Crippen molar-refractivity contribution in [2.24, 2.45) is 0 Å². The molecule has 1 unspecified atom stereocenters. The molecule has 1 rings (SSSR count). The third-order valence-corrected chi connectivity index (χ3v) is 3.99. The van der Waals surface area contributed by atoms with E-state index < -0.39 is 0 Å². The van der Waals surface area contributed by atoms with Gasteiger partial charge in [-0.1, -0.05) is 13.0 Å². The second-order valence-corrected chi connectivity index (χ2v) is 5.49. The molecule has 0 aromatic heterocycles. The largest absolute Gasteiger partial charge is 0.495 e. The van der Waals surface area contributed by atoms with Gasteiger partial charge in [-0.25, -0.2) is 0 Å². The van der Waals surface area contributed by atoms with E-state index in [4.69, 9.17) is 10.00 Å². The maximum absolute atomic E-state index is 9.10. The molecular weight excluding hydrogens is 256 g/mol. The van der Waals surface area contributed by atoms with Gasteiger partial charge in [-0.2, -0.15) is 17.0 Å². The predicted molar refractivity (Wildman–Crippen MR) is 81.6 cm³/mol. The Morgan fingerprint density at radius 1 is 1.47 bits per heavy atom. The molecule has 3 nitrogen and oxygen atoms in total. The van der Waals surface area contributed by atoms with Gasteiger partial charge in [0.15, 0.2) is 0 Å². The fraction of sp³-hybridized carbons (Fsp3) is 0.533. The molecule has 1 aromatic carbocycles. The van der Waals surface area contributed by atoms with Crippen LogP contribution in [-0.2, 0) is 6.54 Å². The molecule has 0 heterocycles. The third-order valence-electron chi connectivity index (χ3n) is 3.27. The van der Waals surface area contributed by atoms with Crippen molar-refractivity contribution >= 4 is 11.8 Å². The topological polar surface area (TPSA) is 36.3 Å². The van der Waals surface area contributed by atoms with Gasteiger partial charge in [-0.15, -0.1) is 0 Å². The van der Waals surface area contributed by atoms with E-state index in [0.717, 1.165) is 24.3 Å². The van der Waals surface area contributed by atoms with Crippen molar-refractivity contribution in [2.75, 3.05) is 26.2 Å². The Bertz CT molecular complexity index is 442. The van der Waals surface area contributed by atoms with E-state index in [-0.39, 0.29) is 0 Å². The maximum Gasteiger partial charge on any atom is 0.136 e. The van der Waals surface area contributed by atoms with Crippen LogP contribution in [0.1, 0.15) is 24.5 Å². The van der Waals surface area contributed by atoms with Gasteiger partial charge in [0.05, 0.1) is 12.7 Å². The summed E-state index contributed by atoms with van der Waals surface area (Å²) in [6.07, 6.45) is 3.27.